The third-order valence-electron chi connectivity index (χ3n) is 4.78. The maximum atomic E-state index is 12.3. The molecule has 8 heteroatoms. The first-order chi connectivity index (χ1) is 13.7. The maximum Gasteiger partial charge on any atom is 0.287 e. The van der Waals surface area contributed by atoms with Crippen LogP contribution in [0.2, 0.25) is 0 Å². The fourth-order valence-corrected chi connectivity index (χ4v) is 3.26. The molecule has 28 heavy (non-hydrogen) atoms. The Balaban J connectivity index is 1.28. The fourth-order valence-electron chi connectivity index (χ4n) is 3.26. The lowest BCUT2D eigenvalue weighted by atomic mass is 10.2. The zero-order valence-electron chi connectivity index (χ0n) is 15.4. The molecule has 1 aliphatic heterocycles. The first-order valence-corrected chi connectivity index (χ1v) is 9.26. The van der Waals surface area contributed by atoms with Crippen molar-refractivity contribution in [3.63, 3.8) is 0 Å². The molecule has 0 radical (unpaired) electrons. The minimum absolute atomic E-state index is 0.0368. The van der Waals surface area contributed by atoms with E-state index in [2.05, 4.69) is 25.1 Å². The molecule has 0 bridgehead atoms. The summed E-state index contributed by atoms with van der Waals surface area (Å²) in [5.41, 5.74) is 0.200. The van der Waals surface area contributed by atoms with Gasteiger partial charge < -0.3 is 14.6 Å². The minimum atomic E-state index is -0.376. The smallest absolute Gasteiger partial charge is 0.287 e. The molecule has 0 spiro atoms. The van der Waals surface area contributed by atoms with Crippen molar-refractivity contribution >= 4 is 22.8 Å². The van der Waals surface area contributed by atoms with Crippen LogP contribution in [0, 0.1) is 0 Å². The summed E-state index contributed by atoms with van der Waals surface area (Å²) >= 11 is 0. The Morgan fingerprint density at radius 2 is 1.82 bits per heavy atom. The standard InChI is InChI=1S/C20H21N5O3/c26-16-14-18(28-17-5-2-1-4-15(16)17)19(27)21-8-9-24-10-12-25(13-11-24)20-22-6-3-7-23-20/h1-7,14H,8-13H2,(H,21,27). The molecular formula is C20H21N5O3. The summed E-state index contributed by atoms with van der Waals surface area (Å²) in [6.45, 7) is 4.65. The molecule has 0 aliphatic carbocycles. The van der Waals surface area contributed by atoms with E-state index in [1.54, 1.807) is 42.7 Å². The Hall–Kier alpha value is -3.26. The van der Waals surface area contributed by atoms with Gasteiger partial charge in [0.2, 0.25) is 5.95 Å². The fraction of sp³-hybridized carbons (Fsp3) is 0.300. The largest absolute Gasteiger partial charge is 0.451 e. The number of fused-ring (bicyclic) bond motifs is 1. The van der Waals surface area contributed by atoms with E-state index >= 15 is 0 Å². The molecule has 4 rings (SSSR count). The van der Waals surface area contributed by atoms with Gasteiger partial charge in [0.25, 0.3) is 5.91 Å². The van der Waals surface area contributed by atoms with Gasteiger partial charge in [0, 0.05) is 57.7 Å². The Labute approximate surface area is 161 Å². The number of carbonyl (C=O) groups is 1. The number of piperazine rings is 1. The van der Waals surface area contributed by atoms with Crippen LogP contribution in [-0.2, 0) is 0 Å². The van der Waals surface area contributed by atoms with Crippen molar-refractivity contribution in [1.82, 2.24) is 20.2 Å². The van der Waals surface area contributed by atoms with Crippen molar-refractivity contribution in [3.8, 4) is 0 Å². The predicted molar refractivity (Wildman–Crippen MR) is 106 cm³/mol. The van der Waals surface area contributed by atoms with Crippen molar-refractivity contribution < 1.29 is 9.21 Å². The maximum absolute atomic E-state index is 12.3. The van der Waals surface area contributed by atoms with Crippen LogP contribution in [0.15, 0.2) is 58.0 Å². The average molecular weight is 379 g/mol. The molecule has 0 saturated carbocycles. The summed E-state index contributed by atoms with van der Waals surface area (Å²) in [6, 6.07) is 9.96. The number of anilines is 1. The van der Waals surface area contributed by atoms with Gasteiger partial charge in [-0.15, -0.1) is 0 Å². The van der Waals surface area contributed by atoms with Crippen molar-refractivity contribution in [2.24, 2.45) is 0 Å². The zero-order chi connectivity index (χ0) is 19.3. The normalized spacial score (nSPS) is 14.9. The van der Waals surface area contributed by atoms with Crippen LogP contribution in [-0.4, -0.2) is 60.0 Å². The van der Waals surface area contributed by atoms with Crippen LogP contribution in [0.25, 0.3) is 11.0 Å². The van der Waals surface area contributed by atoms with E-state index in [9.17, 15) is 9.59 Å². The second-order valence-electron chi connectivity index (χ2n) is 6.60. The quantitative estimate of drug-likeness (QED) is 0.711. The number of rotatable bonds is 5. The van der Waals surface area contributed by atoms with Gasteiger partial charge in [-0.3, -0.25) is 14.5 Å². The molecule has 1 amide bonds. The molecule has 1 aliphatic rings. The van der Waals surface area contributed by atoms with Crippen molar-refractivity contribution in [3.05, 3.63) is 64.8 Å². The highest BCUT2D eigenvalue weighted by Crippen LogP contribution is 2.12. The molecule has 1 aromatic carbocycles. The lowest BCUT2D eigenvalue weighted by molar-refractivity contribution is 0.0920. The van der Waals surface area contributed by atoms with E-state index in [1.165, 1.54) is 6.07 Å². The van der Waals surface area contributed by atoms with Crippen molar-refractivity contribution in [2.45, 2.75) is 0 Å². The molecule has 0 unspecified atom stereocenters. The Morgan fingerprint density at radius 3 is 2.61 bits per heavy atom. The number of para-hydroxylation sites is 1. The van der Waals surface area contributed by atoms with Gasteiger partial charge in [0.15, 0.2) is 11.2 Å². The summed E-state index contributed by atoms with van der Waals surface area (Å²) in [5.74, 6) is 0.413. The van der Waals surface area contributed by atoms with E-state index in [0.29, 0.717) is 17.5 Å². The van der Waals surface area contributed by atoms with Crippen LogP contribution in [0.5, 0.6) is 0 Å². The Kier molecular flexibility index (Phi) is 5.29. The van der Waals surface area contributed by atoms with Crippen LogP contribution < -0.4 is 15.6 Å². The van der Waals surface area contributed by atoms with Crippen LogP contribution in [0.4, 0.5) is 5.95 Å². The number of nitrogens with zero attached hydrogens (tertiary/aromatic N) is 4. The second-order valence-corrected chi connectivity index (χ2v) is 6.60. The first kappa shape index (κ1) is 18.1. The molecule has 8 nitrogen and oxygen atoms in total. The molecular weight excluding hydrogens is 358 g/mol. The summed E-state index contributed by atoms with van der Waals surface area (Å²) < 4.78 is 5.56. The number of hydrogen-bond acceptors (Lipinski definition) is 7. The number of amides is 1. The van der Waals surface area contributed by atoms with Crippen molar-refractivity contribution in [1.29, 1.82) is 0 Å². The van der Waals surface area contributed by atoms with Gasteiger partial charge in [0.05, 0.1) is 5.39 Å². The van der Waals surface area contributed by atoms with Gasteiger partial charge in [0.1, 0.15) is 5.58 Å². The molecule has 3 heterocycles. The first-order valence-electron chi connectivity index (χ1n) is 9.26. The van der Waals surface area contributed by atoms with Gasteiger partial charge in [-0.1, -0.05) is 12.1 Å². The van der Waals surface area contributed by atoms with E-state index in [1.807, 2.05) is 0 Å². The predicted octanol–water partition coefficient (Wildman–Crippen LogP) is 1.14. The minimum Gasteiger partial charge on any atom is -0.451 e. The molecule has 1 fully saturated rings. The Morgan fingerprint density at radius 1 is 1.07 bits per heavy atom. The zero-order valence-corrected chi connectivity index (χ0v) is 15.4. The van der Waals surface area contributed by atoms with Crippen LogP contribution >= 0.6 is 0 Å². The third kappa shape index (κ3) is 4.01. The number of aromatic nitrogens is 2. The van der Waals surface area contributed by atoms with Crippen LogP contribution in [0.3, 0.4) is 0 Å². The molecule has 3 aromatic rings. The lowest BCUT2D eigenvalue weighted by Crippen LogP contribution is -2.49. The summed E-state index contributed by atoms with van der Waals surface area (Å²) in [7, 11) is 0. The number of carbonyl (C=O) groups excluding carboxylic acids is 1. The summed E-state index contributed by atoms with van der Waals surface area (Å²) in [5, 5.41) is 3.30. The topological polar surface area (TPSA) is 91.6 Å². The van der Waals surface area contributed by atoms with E-state index in [-0.39, 0.29) is 17.1 Å². The summed E-state index contributed by atoms with van der Waals surface area (Å²) in [4.78, 5) is 37.4. The van der Waals surface area contributed by atoms with Gasteiger partial charge in [-0.25, -0.2) is 9.97 Å². The molecule has 1 N–H and O–H groups in total. The number of benzene rings is 1. The second kappa shape index (κ2) is 8.18. The number of nitrogens with one attached hydrogen (secondary N) is 1. The van der Waals surface area contributed by atoms with Gasteiger partial charge >= 0.3 is 0 Å². The SMILES string of the molecule is O=C(NCCN1CCN(c2ncccn2)CC1)c1cc(=O)c2ccccc2o1. The molecule has 1 saturated heterocycles. The molecule has 144 valence electrons. The average Bonchev–Trinajstić information content (AvgIpc) is 2.75. The molecule has 2 aromatic heterocycles. The van der Waals surface area contributed by atoms with Gasteiger partial charge in [-0.05, 0) is 18.2 Å². The van der Waals surface area contributed by atoms with E-state index in [4.69, 9.17) is 4.42 Å². The van der Waals surface area contributed by atoms with E-state index < -0.39 is 0 Å². The van der Waals surface area contributed by atoms with Crippen molar-refractivity contribution in [2.75, 3.05) is 44.2 Å². The highest BCUT2D eigenvalue weighted by Gasteiger charge is 2.19. The lowest BCUT2D eigenvalue weighted by Gasteiger charge is -2.34. The monoisotopic (exact) mass is 379 g/mol. The third-order valence-corrected chi connectivity index (χ3v) is 4.78. The number of hydrogen-bond donors (Lipinski definition) is 1. The highest BCUT2D eigenvalue weighted by molar-refractivity contribution is 5.93. The van der Waals surface area contributed by atoms with Gasteiger partial charge in [-0.2, -0.15) is 0 Å². The Bertz CT molecular complexity index is 1010. The van der Waals surface area contributed by atoms with Crippen LogP contribution in [0.1, 0.15) is 10.6 Å². The highest BCUT2D eigenvalue weighted by atomic mass is 16.3. The molecule has 0 atom stereocenters. The summed E-state index contributed by atoms with van der Waals surface area (Å²) in [6.07, 6.45) is 3.49. The van der Waals surface area contributed by atoms with E-state index in [0.717, 1.165) is 38.7 Å².